The van der Waals surface area contributed by atoms with Gasteiger partial charge >= 0.3 is 0 Å². The fraction of sp³-hybridized carbons (Fsp3) is 0.526. The molecule has 1 saturated carbocycles. The average Bonchev–Trinajstić information content (AvgIpc) is 3.24. The topological polar surface area (TPSA) is 56.2 Å². The van der Waals surface area contributed by atoms with Crippen LogP contribution < -0.4 is 0 Å². The molecule has 0 spiro atoms. The molecule has 2 aromatic rings. The Balaban J connectivity index is 2.02. The molecule has 0 amide bonds. The van der Waals surface area contributed by atoms with Crippen LogP contribution in [0.3, 0.4) is 0 Å². The zero-order valence-corrected chi connectivity index (χ0v) is 15.1. The summed E-state index contributed by atoms with van der Waals surface area (Å²) >= 11 is 0. The van der Waals surface area contributed by atoms with Gasteiger partial charge in [-0.2, -0.15) is 0 Å². The summed E-state index contributed by atoms with van der Waals surface area (Å²) in [6.07, 6.45) is 7.44. The zero-order valence-electron chi connectivity index (χ0n) is 15.1. The van der Waals surface area contributed by atoms with Crippen molar-refractivity contribution in [3.05, 3.63) is 28.5 Å². The SMILES string of the molecule is C=Nc1nc(C)n(CC2CCCC2)c1/C=C(\C)c1c(C)noc1C. The Labute approximate surface area is 143 Å². The molecule has 0 aromatic carbocycles. The van der Waals surface area contributed by atoms with Gasteiger partial charge in [-0.25, -0.2) is 9.98 Å². The van der Waals surface area contributed by atoms with Crippen molar-refractivity contribution in [1.29, 1.82) is 0 Å². The molecule has 128 valence electrons. The maximum Gasteiger partial charge on any atom is 0.177 e. The number of aromatic nitrogens is 3. The molecule has 2 heterocycles. The van der Waals surface area contributed by atoms with Gasteiger partial charge in [0.2, 0.25) is 0 Å². The van der Waals surface area contributed by atoms with E-state index < -0.39 is 0 Å². The van der Waals surface area contributed by atoms with Crippen LogP contribution in [0.25, 0.3) is 11.6 Å². The largest absolute Gasteiger partial charge is 0.361 e. The summed E-state index contributed by atoms with van der Waals surface area (Å²) in [5.74, 6) is 3.29. The summed E-state index contributed by atoms with van der Waals surface area (Å²) < 4.78 is 7.60. The summed E-state index contributed by atoms with van der Waals surface area (Å²) in [7, 11) is 0. The van der Waals surface area contributed by atoms with Crippen molar-refractivity contribution in [1.82, 2.24) is 14.7 Å². The monoisotopic (exact) mass is 326 g/mol. The molecule has 0 bridgehead atoms. The summed E-state index contributed by atoms with van der Waals surface area (Å²) in [6, 6.07) is 0. The van der Waals surface area contributed by atoms with E-state index in [1.807, 2.05) is 20.8 Å². The Morgan fingerprint density at radius 3 is 2.62 bits per heavy atom. The van der Waals surface area contributed by atoms with Gasteiger partial charge in [-0.1, -0.05) is 18.0 Å². The second-order valence-corrected chi connectivity index (χ2v) is 6.81. The number of allylic oxidation sites excluding steroid dienone is 1. The van der Waals surface area contributed by atoms with Crippen LogP contribution in [0.1, 0.15) is 61.1 Å². The first-order valence-electron chi connectivity index (χ1n) is 8.66. The number of nitrogens with zero attached hydrogens (tertiary/aromatic N) is 4. The normalized spacial score (nSPS) is 16.1. The van der Waals surface area contributed by atoms with E-state index in [1.165, 1.54) is 25.7 Å². The molecule has 0 radical (unpaired) electrons. The smallest absolute Gasteiger partial charge is 0.177 e. The van der Waals surface area contributed by atoms with E-state index in [2.05, 4.69) is 39.4 Å². The molecular weight excluding hydrogens is 300 g/mol. The predicted molar refractivity (Wildman–Crippen MR) is 97.7 cm³/mol. The minimum atomic E-state index is 0.705. The van der Waals surface area contributed by atoms with Gasteiger partial charge in [0.1, 0.15) is 11.6 Å². The summed E-state index contributed by atoms with van der Waals surface area (Å²) in [6.45, 7) is 12.8. The van der Waals surface area contributed by atoms with Gasteiger partial charge in [0.25, 0.3) is 0 Å². The van der Waals surface area contributed by atoms with Gasteiger partial charge in [-0.3, -0.25) is 0 Å². The predicted octanol–water partition coefficient (Wildman–Crippen LogP) is 4.88. The van der Waals surface area contributed by atoms with Gasteiger partial charge in [0.05, 0.1) is 11.4 Å². The Bertz CT molecular complexity index is 756. The summed E-state index contributed by atoms with van der Waals surface area (Å²) in [5.41, 5.74) is 4.12. The van der Waals surface area contributed by atoms with Gasteiger partial charge in [-0.15, -0.1) is 0 Å². The highest BCUT2D eigenvalue weighted by Crippen LogP contribution is 2.32. The zero-order chi connectivity index (χ0) is 17.3. The molecule has 0 aliphatic heterocycles. The van der Waals surface area contributed by atoms with Gasteiger partial charge in [0.15, 0.2) is 5.82 Å². The number of aryl methyl sites for hydroxylation is 3. The fourth-order valence-electron chi connectivity index (χ4n) is 3.83. The Kier molecular flexibility index (Phi) is 4.69. The Morgan fingerprint density at radius 1 is 1.33 bits per heavy atom. The van der Waals surface area contributed by atoms with Crippen LogP contribution in [-0.2, 0) is 6.54 Å². The molecular formula is C19H26N4O. The number of hydrogen-bond acceptors (Lipinski definition) is 4. The molecule has 3 rings (SSSR count). The van der Waals surface area contributed by atoms with Crippen molar-refractivity contribution in [2.45, 2.75) is 59.9 Å². The molecule has 0 saturated heterocycles. The third-order valence-electron chi connectivity index (χ3n) is 5.02. The maximum absolute atomic E-state index is 5.30. The first-order chi connectivity index (χ1) is 11.5. The van der Waals surface area contributed by atoms with Crippen molar-refractivity contribution >= 4 is 24.2 Å². The van der Waals surface area contributed by atoms with E-state index >= 15 is 0 Å². The highest BCUT2D eigenvalue weighted by molar-refractivity contribution is 5.83. The van der Waals surface area contributed by atoms with Gasteiger partial charge in [0, 0.05) is 12.1 Å². The Hall–Kier alpha value is -2.17. The Morgan fingerprint density at radius 2 is 2.04 bits per heavy atom. The lowest BCUT2D eigenvalue weighted by Crippen LogP contribution is -2.10. The lowest BCUT2D eigenvalue weighted by Gasteiger charge is -2.14. The standard InChI is InChI=1S/C19H26N4O/c1-12(18-13(2)22-24-14(18)3)10-17-19(20-5)21-15(4)23(17)11-16-8-6-7-9-16/h10,16H,5-9,11H2,1-4H3/b12-10+. The second-order valence-electron chi connectivity index (χ2n) is 6.81. The fourth-order valence-corrected chi connectivity index (χ4v) is 3.83. The van der Waals surface area contributed by atoms with E-state index in [9.17, 15) is 0 Å². The third-order valence-corrected chi connectivity index (χ3v) is 5.02. The first kappa shape index (κ1) is 16.7. The molecule has 5 nitrogen and oxygen atoms in total. The highest BCUT2D eigenvalue weighted by atomic mass is 16.5. The van der Waals surface area contributed by atoms with Crippen molar-refractivity contribution in [3.63, 3.8) is 0 Å². The van der Waals surface area contributed by atoms with E-state index in [0.717, 1.165) is 46.6 Å². The molecule has 24 heavy (non-hydrogen) atoms. The first-order valence-corrected chi connectivity index (χ1v) is 8.66. The summed E-state index contributed by atoms with van der Waals surface area (Å²) in [4.78, 5) is 8.74. The van der Waals surface area contributed by atoms with Crippen LogP contribution in [0.4, 0.5) is 5.82 Å². The highest BCUT2D eigenvalue weighted by Gasteiger charge is 2.20. The quantitative estimate of drug-likeness (QED) is 0.736. The average molecular weight is 326 g/mol. The molecule has 1 aliphatic rings. The number of rotatable bonds is 5. The lowest BCUT2D eigenvalue weighted by molar-refractivity contribution is 0.393. The molecule has 0 unspecified atom stereocenters. The van der Waals surface area contributed by atoms with Crippen molar-refractivity contribution < 1.29 is 4.52 Å². The van der Waals surface area contributed by atoms with Crippen molar-refractivity contribution in [2.75, 3.05) is 0 Å². The molecule has 0 N–H and O–H groups in total. The van der Waals surface area contributed by atoms with Crippen LogP contribution in [0.2, 0.25) is 0 Å². The molecule has 0 atom stereocenters. The molecule has 2 aromatic heterocycles. The van der Waals surface area contributed by atoms with Crippen molar-refractivity contribution in [2.24, 2.45) is 10.9 Å². The third kappa shape index (κ3) is 3.07. The second kappa shape index (κ2) is 6.75. The van der Waals surface area contributed by atoms with E-state index in [-0.39, 0.29) is 0 Å². The van der Waals surface area contributed by atoms with Crippen LogP contribution >= 0.6 is 0 Å². The van der Waals surface area contributed by atoms with E-state index in [0.29, 0.717) is 5.82 Å². The molecule has 1 aliphatic carbocycles. The van der Waals surface area contributed by atoms with Crippen LogP contribution in [0.15, 0.2) is 9.52 Å². The van der Waals surface area contributed by atoms with Crippen LogP contribution in [-0.4, -0.2) is 21.4 Å². The minimum Gasteiger partial charge on any atom is -0.361 e. The van der Waals surface area contributed by atoms with Crippen LogP contribution in [0, 0.1) is 26.7 Å². The van der Waals surface area contributed by atoms with Gasteiger partial charge < -0.3 is 9.09 Å². The van der Waals surface area contributed by atoms with E-state index in [1.54, 1.807) is 0 Å². The minimum absolute atomic E-state index is 0.705. The van der Waals surface area contributed by atoms with Crippen molar-refractivity contribution in [3.8, 4) is 0 Å². The van der Waals surface area contributed by atoms with Crippen LogP contribution in [0.5, 0.6) is 0 Å². The number of aliphatic imine (C=N–C) groups is 1. The number of imidazole rings is 1. The molecule has 1 fully saturated rings. The number of hydrogen-bond donors (Lipinski definition) is 0. The van der Waals surface area contributed by atoms with Gasteiger partial charge in [-0.05, 0) is 64.8 Å². The van der Waals surface area contributed by atoms with E-state index in [4.69, 9.17) is 4.52 Å². The lowest BCUT2D eigenvalue weighted by atomic mass is 10.0. The maximum atomic E-state index is 5.30. The molecule has 5 heteroatoms. The summed E-state index contributed by atoms with van der Waals surface area (Å²) in [5, 5.41) is 4.06.